The number of aromatic nitrogens is 2. The average Bonchev–Trinajstić information content (AvgIpc) is 2.86. The summed E-state index contributed by atoms with van der Waals surface area (Å²) in [7, 11) is 0. The van der Waals surface area contributed by atoms with Crippen LogP contribution < -0.4 is 25.8 Å². The van der Waals surface area contributed by atoms with Crippen molar-refractivity contribution in [3.05, 3.63) is 59.8 Å². The van der Waals surface area contributed by atoms with Crippen LogP contribution in [-0.4, -0.2) is 42.2 Å². The second kappa shape index (κ2) is 11.6. The van der Waals surface area contributed by atoms with Gasteiger partial charge >= 0.3 is 0 Å². The number of fused-ring (bicyclic) bond motifs is 7. The first-order valence-electron chi connectivity index (χ1n) is 11.5. The number of halogens is 2. The highest BCUT2D eigenvalue weighted by Gasteiger charge is 2.16. The molecule has 0 spiro atoms. The lowest BCUT2D eigenvalue weighted by atomic mass is 10.1. The number of benzene rings is 2. The zero-order chi connectivity index (χ0) is 24.6. The predicted molar refractivity (Wildman–Crippen MR) is 128 cm³/mol. The third kappa shape index (κ3) is 6.21. The van der Waals surface area contributed by atoms with E-state index in [9.17, 15) is 13.6 Å². The Morgan fingerprint density at radius 2 is 1.77 bits per heavy atom. The Kier molecular flexibility index (Phi) is 8.04. The van der Waals surface area contributed by atoms with Gasteiger partial charge < -0.3 is 25.8 Å². The molecule has 8 nitrogen and oxygen atoms in total. The van der Waals surface area contributed by atoms with Crippen LogP contribution in [-0.2, 0) is 0 Å². The highest BCUT2D eigenvalue weighted by atomic mass is 19.1. The van der Waals surface area contributed by atoms with Gasteiger partial charge in [0.25, 0.3) is 5.91 Å². The first kappa shape index (κ1) is 24.3. The zero-order valence-electron chi connectivity index (χ0n) is 19.2. The lowest BCUT2D eigenvalue weighted by Gasteiger charge is -2.15. The summed E-state index contributed by atoms with van der Waals surface area (Å²) in [6, 6.07) is 9.10. The monoisotopic (exact) mass is 483 g/mol. The molecule has 2 heterocycles. The molecule has 2 aromatic carbocycles. The Balaban J connectivity index is 1.69. The minimum Gasteiger partial charge on any atom is -0.493 e. The van der Waals surface area contributed by atoms with Gasteiger partial charge in [-0.2, -0.15) is 0 Å². The molecule has 6 bridgehead atoms. The topological polar surface area (TPSA) is 111 Å². The largest absolute Gasteiger partial charge is 0.493 e. The summed E-state index contributed by atoms with van der Waals surface area (Å²) >= 11 is 0. The van der Waals surface area contributed by atoms with Crippen molar-refractivity contribution in [2.75, 3.05) is 31.6 Å². The van der Waals surface area contributed by atoms with E-state index in [0.717, 1.165) is 31.9 Å². The van der Waals surface area contributed by atoms with E-state index in [0.29, 0.717) is 48.9 Å². The maximum atomic E-state index is 14.6. The minimum absolute atomic E-state index is 0.00252. The van der Waals surface area contributed by atoms with Gasteiger partial charge in [0.2, 0.25) is 5.95 Å². The standard InChI is InChI=1S/C25H27F2N5O3/c26-19-8-5-16-13-22(19)35-12-4-2-1-3-11-34-21-14-17(6-7-18(21)24(33)29-10-9-28)31-25-30-15-20(27)23(16)32-25/h5-8,13-15H,1-4,9-12,28H2,(H,29,33)(H,30,31,32). The van der Waals surface area contributed by atoms with Gasteiger partial charge in [-0.25, -0.2) is 18.7 Å². The molecule has 1 aliphatic heterocycles. The highest BCUT2D eigenvalue weighted by Crippen LogP contribution is 2.30. The summed E-state index contributed by atoms with van der Waals surface area (Å²) in [5.74, 6) is -0.887. The van der Waals surface area contributed by atoms with E-state index in [2.05, 4.69) is 20.6 Å². The lowest BCUT2D eigenvalue weighted by molar-refractivity contribution is 0.0950. The molecule has 0 unspecified atom stereocenters. The lowest BCUT2D eigenvalue weighted by Crippen LogP contribution is -2.29. The molecular formula is C25H27F2N5O3. The van der Waals surface area contributed by atoms with Gasteiger partial charge in [-0.15, -0.1) is 0 Å². The number of nitrogens with two attached hydrogens (primary N) is 1. The Bertz CT molecular complexity index is 1190. The van der Waals surface area contributed by atoms with Crippen molar-refractivity contribution in [2.45, 2.75) is 25.7 Å². The van der Waals surface area contributed by atoms with Crippen molar-refractivity contribution in [1.82, 2.24) is 15.3 Å². The fourth-order valence-electron chi connectivity index (χ4n) is 3.63. The Hall–Kier alpha value is -3.79. The summed E-state index contributed by atoms with van der Waals surface area (Å²) in [4.78, 5) is 20.9. The van der Waals surface area contributed by atoms with Gasteiger partial charge in [0.05, 0.1) is 25.0 Å². The number of anilines is 2. The number of nitrogens with zero attached hydrogens (tertiary/aromatic N) is 2. The van der Waals surface area contributed by atoms with Crippen LogP contribution in [0.3, 0.4) is 0 Å². The van der Waals surface area contributed by atoms with E-state index in [1.54, 1.807) is 18.2 Å². The first-order valence-corrected chi connectivity index (χ1v) is 11.5. The molecule has 0 saturated heterocycles. The number of rotatable bonds is 3. The number of carbonyl (C=O) groups excluding carboxylic acids is 1. The Morgan fingerprint density at radius 1 is 1.00 bits per heavy atom. The smallest absolute Gasteiger partial charge is 0.255 e. The fraction of sp³-hybridized carbons (Fsp3) is 0.320. The third-order valence-corrected chi connectivity index (χ3v) is 5.41. The van der Waals surface area contributed by atoms with E-state index in [4.69, 9.17) is 15.2 Å². The Morgan fingerprint density at radius 3 is 2.54 bits per heavy atom. The third-order valence-electron chi connectivity index (χ3n) is 5.41. The molecule has 1 amide bonds. The number of carbonyl (C=O) groups is 1. The molecule has 1 aromatic heterocycles. The molecule has 0 saturated carbocycles. The van der Waals surface area contributed by atoms with Crippen LogP contribution in [0.2, 0.25) is 0 Å². The maximum absolute atomic E-state index is 14.6. The molecule has 0 aliphatic carbocycles. The second-order valence-electron chi connectivity index (χ2n) is 8.03. The van der Waals surface area contributed by atoms with Crippen molar-refractivity contribution < 1.29 is 23.0 Å². The zero-order valence-corrected chi connectivity index (χ0v) is 19.2. The van der Waals surface area contributed by atoms with Gasteiger partial charge in [-0.05, 0) is 56.0 Å². The van der Waals surface area contributed by atoms with Gasteiger partial charge in [0, 0.05) is 30.4 Å². The molecule has 10 heteroatoms. The summed E-state index contributed by atoms with van der Waals surface area (Å²) in [6.45, 7) is 1.41. The van der Waals surface area contributed by atoms with Crippen LogP contribution in [0.1, 0.15) is 36.0 Å². The van der Waals surface area contributed by atoms with E-state index in [1.807, 2.05) is 0 Å². The molecule has 1 aliphatic rings. The quantitative estimate of drug-likeness (QED) is 0.512. The van der Waals surface area contributed by atoms with Gasteiger partial charge in [0.15, 0.2) is 17.4 Å². The van der Waals surface area contributed by atoms with Gasteiger partial charge in [0.1, 0.15) is 11.4 Å². The molecular weight excluding hydrogens is 456 g/mol. The van der Waals surface area contributed by atoms with Crippen LogP contribution in [0.15, 0.2) is 42.6 Å². The molecule has 3 aromatic rings. The van der Waals surface area contributed by atoms with Gasteiger partial charge in [-0.1, -0.05) is 0 Å². The number of hydrogen-bond acceptors (Lipinski definition) is 7. The molecule has 35 heavy (non-hydrogen) atoms. The van der Waals surface area contributed by atoms with Crippen molar-refractivity contribution in [2.24, 2.45) is 5.73 Å². The van der Waals surface area contributed by atoms with Crippen LogP contribution in [0, 0.1) is 11.6 Å². The minimum atomic E-state index is -0.654. The van der Waals surface area contributed by atoms with Crippen LogP contribution >= 0.6 is 0 Å². The van der Waals surface area contributed by atoms with Crippen molar-refractivity contribution in [1.29, 1.82) is 0 Å². The predicted octanol–water partition coefficient (Wildman–Crippen LogP) is 4.19. The maximum Gasteiger partial charge on any atom is 0.255 e. The molecule has 184 valence electrons. The van der Waals surface area contributed by atoms with Crippen LogP contribution in [0.4, 0.5) is 20.4 Å². The number of amides is 1. The van der Waals surface area contributed by atoms with E-state index in [1.165, 1.54) is 18.2 Å². The molecule has 4 N–H and O–H groups in total. The van der Waals surface area contributed by atoms with E-state index in [-0.39, 0.29) is 23.3 Å². The molecule has 0 atom stereocenters. The summed E-state index contributed by atoms with van der Waals surface area (Å²) in [5.41, 5.74) is 6.79. The van der Waals surface area contributed by atoms with Crippen LogP contribution in [0.25, 0.3) is 11.3 Å². The van der Waals surface area contributed by atoms with E-state index < -0.39 is 11.6 Å². The average molecular weight is 484 g/mol. The SMILES string of the molecule is NCCNC(=O)c1ccc2cc1OCCCCCCOc1cc(ccc1F)-c1nc(ncc1F)N2. The number of hydrogen-bond donors (Lipinski definition) is 3. The summed E-state index contributed by atoms with van der Waals surface area (Å²) in [6.07, 6.45) is 4.28. The fourth-order valence-corrected chi connectivity index (χ4v) is 3.63. The molecule has 0 radical (unpaired) electrons. The highest BCUT2D eigenvalue weighted by molar-refractivity contribution is 5.97. The summed E-state index contributed by atoms with van der Waals surface area (Å²) in [5, 5.41) is 5.76. The van der Waals surface area contributed by atoms with Crippen molar-refractivity contribution in [3.63, 3.8) is 0 Å². The molecule has 4 rings (SSSR count). The molecule has 0 fully saturated rings. The van der Waals surface area contributed by atoms with Crippen molar-refractivity contribution >= 4 is 17.5 Å². The summed E-state index contributed by atoms with van der Waals surface area (Å²) < 4.78 is 40.4. The van der Waals surface area contributed by atoms with Gasteiger partial charge in [-0.3, -0.25) is 4.79 Å². The Labute approximate surface area is 201 Å². The van der Waals surface area contributed by atoms with Crippen LogP contribution in [0.5, 0.6) is 11.5 Å². The second-order valence-corrected chi connectivity index (χ2v) is 8.03. The first-order chi connectivity index (χ1) is 17.0. The normalized spacial score (nSPS) is 13.9. The van der Waals surface area contributed by atoms with E-state index >= 15 is 0 Å². The number of nitrogens with one attached hydrogen (secondary N) is 2. The number of ether oxygens (including phenoxy) is 2. The van der Waals surface area contributed by atoms with Crippen molar-refractivity contribution in [3.8, 4) is 22.8 Å².